The SMILES string of the molecule is CC=C=CCC[C@H](O)CCOCc1ccc(OC)cc1. The Morgan fingerprint density at radius 1 is 1.25 bits per heavy atom. The molecule has 1 rings (SSSR count). The first-order valence-corrected chi connectivity index (χ1v) is 7.00. The zero-order chi connectivity index (χ0) is 14.6. The van der Waals surface area contributed by atoms with Crippen LogP contribution in [0.2, 0.25) is 0 Å². The maximum atomic E-state index is 9.76. The van der Waals surface area contributed by atoms with Crippen LogP contribution in [0.3, 0.4) is 0 Å². The molecule has 0 saturated heterocycles. The van der Waals surface area contributed by atoms with Crippen molar-refractivity contribution in [1.29, 1.82) is 0 Å². The smallest absolute Gasteiger partial charge is 0.118 e. The second-order valence-corrected chi connectivity index (χ2v) is 4.58. The third-order valence-corrected chi connectivity index (χ3v) is 2.95. The normalized spacial score (nSPS) is 11.6. The standard InChI is InChI=1S/C17H24O3/c1-3-4-5-6-7-16(18)12-13-20-14-15-8-10-17(19-2)11-9-15/h3,5,8-11,16,18H,6-7,12-14H2,1-2H3/t4?,16-/m0/s1. The van der Waals surface area contributed by atoms with Crippen molar-refractivity contribution in [3.05, 3.63) is 47.7 Å². The van der Waals surface area contributed by atoms with Gasteiger partial charge >= 0.3 is 0 Å². The molecule has 0 saturated carbocycles. The summed E-state index contributed by atoms with van der Waals surface area (Å²) in [6.45, 7) is 3.07. The van der Waals surface area contributed by atoms with E-state index in [9.17, 15) is 5.11 Å². The van der Waals surface area contributed by atoms with Gasteiger partial charge in [-0.1, -0.05) is 12.1 Å². The molecule has 0 aromatic heterocycles. The van der Waals surface area contributed by atoms with Gasteiger partial charge in [-0.25, -0.2) is 0 Å². The maximum Gasteiger partial charge on any atom is 0.118 e. The number of allylic oxidation sites excluding steroid dienone is 1. The molecule has 1 atom stereocenters. The van der Waals surface area contributed by atoms with Crippen LogP contribution in [-0.2, 0) is 11.3 Å². The lowest BCUT2D eigenvalue weighted by Gasteiger charge is -2.09. The Hall–Kier alpha value is -1.54. The van der Waals surface area contributed by atoms with Crippen molar-refractivity contribution in [2.45, 2.75) is 38.9 Å². The molecule has 0 radical (unpaired) electrons. The minimum Gasteiger partial charge on any atom is -0.497 e. The lowest BCUT2D eigenvalue weighted by molar-refractivity contribution is 0.0705. The number of methoxy groups -OCH3 is 1. The molecule has 3 nitrogen and oxygen atoms in total. The van der Waals surface area contributed by atoms with Crippen LogP contribution in [0.4, 0.5) is 0 Å². The van der Waals surface area contributed by atoms with Crippen LogP contribution < -0.4 is 4.74 Å². The zero-order valence-electron chi connectivity index (χ0n) is 12.3. The average molecular weight is 276 g/mol. The molecule has 0 aliphatic rings. The van der Waals surface area contributed by atoms with E-state index in [1.807, 2.05) is 43.3 Å². The summed E-state index contributed by atoms with van der Waals surface area (Å²) < 4.78 is 10.7. The van der Waals surface area contributed by atoms with Gasteiger partial charge in [-0.2, -0.15) is 0 Å². The molecule has 1 aromatic carbocycles. The minimum atomic E-state index is -0.305. The molecule has 1 aromatic rings. The molecular formula is C17H24O3. The number of hydrogen-bond acceptors (Lipinski definition) is 3. The summed E-state index contributed by atoms with van der Waals surface area (Å²) in [5.41, 5.74) is 4.11. The predicted octanol–water partition coefficient (Wildman–Crippen LogP) is 3.47. The number of aliphatic hydroxyl groups is 1. The summed E-state index contributed by atoms with van der Waals surface area (Å²) in [5, 5.41) is 9.76. The molecule has 0 spiro atoms. The number of ether oxygens (including phenoxy) is 2. The number of aliphatic hydroxyl groups excluding tert-OH is 1. The predicted molar refractivity (Wildman–Crippen MR) is 80.8 cm³/mol. The number of benzene rings is 1. The first-order chi connectivity index (χ1) is 9.76. The molecule has 110 valence electrons. The molecule has 0 heterocycles. The zero-order valence-corrected chi connectivity index (χ0v) is 12.3. The van der Waals surface area contributed by atoms with Crippen molar-refractivity contribution in [3.63, 3.8) is 0 Å². The van der Waals surface area contributed by atoms with E-state index in [2.05, 4.69) is 5.73 Å². The van der Waals surface area contributed by atoms with E-state index in [0.717, 1.165) is 24.2 Å². The van der Waals surface area contributed by atoms with Gasteiger partial charge in [0.05, 0.1) is 19.8 Å². The van der Waals surface area contributed by atoms with E-state index in [1.165, 1.54) is 0 Å². The van der Waals surface area contributed by atoms with E-state index in [4.69, 9.17) is 9.47 Å². The maximum absolute atomic E-state index is 9.76. The lowest BCUT2D eigenvalue weighted by Crippen LogP contribution is -2.10. The van der Waals surface area contributed by atoms with Gasteiger partial charge in [0.1, 0.15) is 5.75 Å². The van der Waals surface area contributed by atoms with Crippen LogP contribution >= 0.6 is 0 Å². The quantitative estimate of drug-likeness (QED) is 0.554. The second kappa shape index (κ2) is 10.3. The third-order valence-electron chi connectivity index (χ3n) is 2.95. The Labute approximate surface area is 121 Å². The molecular weight excluding hydrogens is 252 g/mol. The van der Waals surface area contributed by atoms with Gasteiger partial charge in [0.25, 0.3) is 0 Å². The number of hydrogen-bond donors (Lipinski definition) is 1. The summed E-state index contributed by atoms with van der Waals surface area (Å²) in [5.74, 6) is 0.846. The molecule has 20 heavy (non-hydrogen) atoms. The Morgan fingerprint density at radius 3 is 2.65 bits per heavy atom. The van der Waals surface area contributed by atoms with Crippen LogP contribution in [0.1, 0.15) is 31.7 Å². The average Bonchev–Trinajstić information content (AvgIpc) is 2.49. The van der Waals surface area contributed by atoms with Gasteiger partial charge in [0.15, 0.2) is 0 Å². The van der Waals surface area contributed by atoms with Gasteiger partial charge < -0.3 is 14.6 Å². The molecule has 1 N–H and O–H groups in total. The minimum absolute atomic E-state index is 0.305. The van der Waals surface area contributed by atoms with Crippen molar-refractivity contribution < 1.29 is 14.6 Å². The largest absolute Gasteiger partial charge is 0.497 e. The van der Waals surface area contributed by atoms with E-state index >= 15 is 0 Å². The van der Waals surface area contributed by atoms with Crippen LogP contribution in [0.5, 0.6) is 5.75 Å². The highest BCUT2D eigenvalue weighted by molar-refractivity contribution is 5.26. The fourth-order valence-corrected chi connectivity index (χ4v) is 1.75. The molecule has 0 aliphatic heterocycles. The summed E-state index contributed by atoms with van der Waals surface area (Å²) in [6, 6.07) is 7.80. The monoisotopic (exact) mass is 276 g/mol. The molecule has 0 fully saturated rings. The van der Waals surface area contributed by atoms with Gasteiger partial charge in [0, 0.05) is 6.61 Å². The molecule has 0 aliphatic carbocycles. The van der Waals surface area contributed by atoms with Crippen LogP contribution in [0, 0.1) is 0 Å². The molecule has 3 heteroatoms. The first-order valence-electron chi connectivity index (χ1n) is 7.00. The topological polar surface area (TPSA) is 38.7 Å². The Balaban J connectivity index is 2.12. The first kappa shape index (κ1) is 16.5. The van der Waals surface area contributed by atoms with Crippen molar-refractivity contribution in [2.75, 3.05) is 13.7 Å². The van der Waals surface area contributed by atoms with E-state index < -0.39 is 0 Å². The van der Waals surface area contributed by atoms with Gasteiger partial charge in [-0.3, -0.25) is 0 Å². The highest BCUT2D eigenvalue weighted by Gasteiger charge is 2.03. The second-order valence-electron chi connectivity index (χ2n) is 4.58. The highest BCUT2D eigenvalue weighted by atomic mass is 16.5. The van der Waals surface area contributed by atoms with Gasteiger partial charge in [-0.15, -0.1) is 5.73 Å². The summed E-state index contributed by atoms with van der Waals surface area (Å²) in [4.78, 5) is 0. The van der Waals surface area contributed by atoms with E-state index in [-0.39, 0.29) is 6.10 Å². The highest BCUT2D eigenvalue weighted by Crippen LogP contribution is 2.12. The molecule has 0 unspecified atom stereocenters. The summed E-state index contributed by atoms with van der Waals surface area (Å²) >= 11 is 0. The lowest BCUT2D eigenvalue weighted by atomic mass is 10.1. The molecule has 0 bridgehead atoms. The van der Waals surface area contributed by atoms with Crippen LogP contribution in [0.25, 0.3) is 0 Å². The van der Waals surface area contributed by atoms with Gasteiger partial charge in [0.2, 0.25) is 0 Å². The van der Waals surface area contributed by atoms with Crippen molar-refractivity contribution in [3.8, 4) is 5.75 Å². The van der Waals surface area contributed by atoms with Crippen molar-refractivity contribution in [2.24, 2.45) is 0 Å². The fraction of sp³-hybridized carbons (Fsp3) is 0.471. The van der Waals surface area contributed by atoms with Crippen LogP contribution in [-0.4, -0.2) is 24.9 Å². The summed E-state index contributed by atoms with van der Waals surface area (Å²) in [7, 11) is 1.65. The number of rotatable bonds is 9. The molecule has 0 amide bonds. The van der Waals surface area contributed by atoms with E-state index in [0.29, 0.717) is 19.6 Å². The van der Waals surface area contributed by atoms with Crippen LogP contribution in [0.15, 0.2) is 42.1 Å². The fourth-order valence-electron chi connectivity index (χ4n) is 1.75. The summed E-state index contributed by atoms with van der Waals surface area (Å²) in [6.07, 6.45) is 5.78. The van der Waals surface area contributed by atoms with E-state index in [1.54, 1.807) is 7.11 Å². The van der Waals surface area contributed by atoms with Crippen molar-refractivity contribution >= 4 is 0 Å². The van der Waals surface area contributed by atoms with Gasteiger partial charge in [-0.05, 0) is 56.0 Å². The Kier molecular flexibility index (Phi) is 8.48. The Bertz CT molecular complexity index is 416. The van der Waals surface area contributed by atoms with Crippen molar-refractivity contribution in [1.82, 2.24) is 0 Å². The third kappa shape index (κ3) is 7.15. The Morgan fingerprint density at radius 2 is 2.00 bits per heavy atom.